The molecule has 0 aliphatic heterocycles. The molecule has 2 atom stereocenters. The first-order chi connectivity index (χ1) is 7.50. The molecule has 1 rings (SSSR count). The molecular weight excluding hydrogens is 224 g/mol. The van der Waals surface area contributed by atoms with Gasteiger partial charge in [0, 0.05) is 10.8 Å². The number of phenols is 1. The third-order valence-corrected chi connectivity index (χ3v) is 3.69. The Morgan fingerprint density at radius 2 is 1.88 bits per heavy atom. The van der Waals surface area contributed by atoms with Crippen LogP contribution in [0.15, 0.2) is 24.3 Å². The van der Waals surface area contributed by atoms with Gasteiger partial charge in [-0.2, -0.15) is 0 Å². The van der Waals surface area contributed by atoms with Gasteiger partial charge >= 0.3 is 0 Å². The Morgan fingerprint density at radius 1 is 1.31 bits per heavy atom. The van der Waals surface area contributed by atoms with Crippen LogP contribution < -0.4 is 0 Å². The van der Waals surface area contributed by atoms with Crippen LogP contribution in [-0.2, 0) is 0 Å². The normalized spacial score (nSPS) is 14.4. The predicted octanol–water partition coefficient (Wildman–Crippen LogP) is 2.08. The summed E-state index contributed by atoms with van der Waals surface area (Å²) < 4.78 is 0. The summed E-state index contributed by atoms with van der Waals surface area (Å²) in [5.74, 6) is 0.510. The number of aliphatic hydroxyl groups is 1. The van der Waals surface area contributed by atoms with Gasteiger partial charge in [-0.1, -0.05) is 6.92 Å². The van der Waals surface area contributed by atoms with Gasteiger partial charge in [-0.05, 0) is 31.2 Å². The number of thioether (sulfide) groups is 1. The molecule has 0 aliphatic rings. The van der Waals surface area contributed by atoms with E-state index in [1.54, 1.807) is 19.1 Å². The zero-order valence-corrected chi connectivity index (χ0v) is 10.2. The summed E-state index contributed by atoms with van der Waals surface area (Å²) >= 11 is 1.43. The Bertz CT molecular complexity index is 346. The Morgan fingerprint density at radius 3 is 2.38 bits per heavy atom. The molecule has 0 saturated carbocycles. The average Bonchev–Trinajstić information content (AvgIpc) is 2.26. The molecule has 0 fully saturated rings. The lowest BCUT2D eigenvalue weighted by atomic mass is 10.1. The van der Waals surface area contributed by atoms with E-state index in [0.29, 0.717) is 11.3 Å². The molecule has 0 aliphatic carbocycles. The molecule has 88 valence electrons. The smallest absolute Gasteiger partial charge is 0.172 e. The number of hydrogen-bond acceptors (Lipinski definition) is 4. The van der Waals surface area contributed by atoms with E-state index in [1.165, 1.54) is 23.9 Å². The van der Waals surface area contributed by atoms with Crippen molar-refractivity contribution in [2.24, 2.45) is 0 Å². The highest BCUT2D eigenvalue weighted by atomic mass is 32.2. The van der Waals surface area contributed by atoms with Crippen molar-refractivity contribution in [1.82, 2.24) is 0 Å². The first-order valence-corrected chi connectivity index (χ1v) is 6.17. The van der Waals surface area contributed by atoms with E-state index in [9.17, 15) is 9.90 Å². The summed E-state index contributed by atoms with van der Waals surface area (Å²) in [7, 11) is 0. The van der Waals surface area contributed by atoms with E-state index in [1.807, 2.05) is 6.92 Å². The number of phenolic OH excluding ortho intramolecular Hbond substituents is 1. The monoisotopic (exact) mass is 240 g/mol. The molecule has 0 aromatic heterocycles. The molecule has 1 aromatic carbocycles. The van der Waals surface area contributed by atoms with E-state index in [4.69, 9.17) is 5.11 Å². The Labute approximate surface area is 99.5 Å². The lowest BCUT2D eigenvalue weighted by molar-refractivity contribution is 0.102. The summed E-state index contributed by atoms with van der Waals surface area (Å²) in [6, 6.07) is 6.20. The zero-order valence-electron chi connectivity index (χ0n) is 9.38. The van der Waals surface area contributed by atoms with Gasteiger partial charge in [-0.15, -0.1) is 11.8 Å². The lowest BCUT2D eigenvalue weighted by Gasteiger charge is -2.13. The summed E-state index contributed by atoms with van der Waals surface area (Å²) in [4.78, 5) is 11.7. The van der Waals surface area contributed by atoms with Gasteiger partial charge in [-0.25, -0.2) is 0 Å². The minimum Gasteiger partial charge on any atom is -0.508 e. The number of carbonyl (C=O) groups is 1. The highest BCUT2D eigenvalue weighted by Crippen LogP contribution is 2.17. The van der Waals surface area contributed by atoms with Crippen LogP contribution in [0.25, 0.3) is 0 Å². The number of aromatic hydroxyl groups is 1. The highest BCUT2D eigenvalue weighted by Gasteiger charge is 2.12. The van der Waals surface area contributed by atoms with Crippen LogP contribution in [0.4, 0.5) is 0 Å². The van der Waals surface area contributed by atoms with Crippen molar-refractivity contribution in [3.05, 3.63) is 29.8 Å². The first kappa shape index (κ1) is 13.1. The Kier molecular flexibility index (Phi) is 4.83. The molecule has 0 heterocycles. The summed E-state index contributed by atoms with van der Waals surface area (Å²) in [6.07, 6.45) is -0.419. The van der Waals surface area contributed by atoms with Gasteiger partial charge in [0.1, 0.15) is 5.75 Å². The Hall–Kier alpha value is -1.00. The molecule has 2 unspecified atom stereocenters. The van der Waals surface area contributed by atoms with Crippen LogP contribution >= 0.6 is 11.8 Å². The van der Waals surface area contributed by atoms with Gasteiger partial charge in [-0.3, -0.25) is 4.79 Å². The van der Waals surface area contributed by atoms with Crippen LogP contribution in [0, 0.1) is 0 Å². The van der Waals surface area contributed by atoms with E-state index in [0.717, 1.165) is 0 Å². The van der Waals surface area contributed by atoms with Crippen molar-refractivity contribution in [1.29, 1.82) is 0 Å². The van der Waals surface area contributed by atoms with E-state index < -0.39 is 6.10 Å². The fourth-order valence-corrected chi connectivity index (χ4v) is 1.94. The second kappa shape index (κ2) is 5.92. The maximum absolute atomic E-state index is 11.7. The van der Waals surface area contributed by atoms with Crippen LogP contribution in [0.5, 0.6) is 5.75 Å². The molecule has 0 spiro atoms. The largest absolute Gasteiger partial charge is 0.508 e. The summed E-state index contributed by atoms with van der Waals surface area (Å²) in [5, 5.41) is 18.4. The number of ketones is 1. The van der Waals surface area contributed by atoms with E-state index in [2.05, 4.69) is 0 Å². The van der Waals surface area contributed by atoms with Crippen molar-refractivity contribution < 1.29 is 15.0 Å². The van der Waals surface area contributed by atoms with Gasteiger partial charge in [0.05, 0.1) is 11.9 Å². The topological polar surface area (TPSA) is 57.5 Å². The minimum absolute atomic E-state index is 0.0116. The standard InChI is InChI=1S/C12H16O3S/c1-8(13)9(2)16-7-12(15)10-3-5-11(14)6-4-10/h3-6,8-9,13-14H,7H2,1-2H3. The second-order valence-corrected chi connectivity index (χ2v) is 5.09. The maximum Gasteiger partial charge on any atom is 0.172 e. The first-order valence-electron chi connectivity index (χ1n) is 5.12. The SMILES string of the molecule is CC(O)C(C)SCC(=O)c1ccc(O)cc1. The van der Waals surface area contributed by atoms with Crippen molar-refractivity contribution in [3.8, 4) is 5.75 Å². The average molecular weight is 240 g/mol. The lowest BCUT2D eigenvalue weighted by Crippen LogP contribution is -2.17. The number of Topliss-reactive ketones (excluding diaryl/α,β-unsaturated/α-hetero) is 1. The summed E-state index contributed by atoms with van der Waals surface area (Å²) in [5.41, 5.74) is 0.586. The van der Waals surface area contributed by atoms with Crippen LogP contribution in [-0.4, -0.2) is 33.1 Å². The Balaban J connectivity index is 2.50. The highest BCUT2D eigenvalue weighted by molar-refractivity contribution is 8.00. The third kappa shape index (κ3) is 3.87. The molecular formula is C12H16O3S. The van der Waals surface area contributed by atoms with Gasteiger partial charge in [0.15, 0.2) is 5.78 Å². The van der Waals surface area contributed by atoms with Crippen LogP contribution in [0.2, 0.25) is 0 Å². The van der Waals surface area contributed by atoms with Gasteiger partial charge < -0.3 is 10.2 Å². The summed E-state index contributed by atoms with van der Waals surface area (Å²) in [6.45, 7) is 3.60. The molecule has 16 heavy (non-hydrogen) atoms. The van der Waals surface area contributed by atoms with Gasteiger partial charge in [0.25, 0.3) is 0 Å². The van der Waals surface area contributed by atoms with E-state index >= 15 is 0 Å². The fourth-order valence-electron chi connectivity index (χ4n) is 1.08. The predicted molar refractivity (Wildman–Crippen MR) is 66.0 cm³/mol. The molecule has 0 radical (unpaired) electrons. The molecule has 0 bridgehead atoms. The number of rotatable bonds is 5. The third-order valence-electron chi connectivity index (χ3n) is 2.35. The molecule has 0 amide bonds. The zero-order chi connectivity index (χ0) is 12.1. The van der Waals surface area contributed by atoms with E-state index in [-0.39, 0.29) is 16.8 Å². The second-order valence-electron chi connectivity index (χ2n) is 3.73. The molecule has 4 heteroatoms. The minimum atomic E-state index is -0.419. The van der Waals surface area contributed by atoms with Crippen molar-refractivity contribution in [3.63, 3.8) is 0 Å². The fraction of sp³-hybridized carbons (Fsp3) is 0.417. The van der Waals surface area contributed by atoms with Crippen molar-refractivity contribution in [2.45, 2.75) is 25.2 Å². The number of hydrogen-bond donors (Lipinski definition) is 2. The number of carbonyl (C=O) groups excluding carboxylic acids is 1. The number of benzene rings is 1. The molecule has 0 saturated heterocycles. The van der Waals surface area contributed by atoms with Crippen molar-refractivity contribution in [2.75, 3.05) is 5.75 Å². The van der Waals surface area contributed by atoms with Crippen LogP contribution in [0.3, 0.4) is 0 Å². The van der Waals surface area contributed by atoms with Gasteiger partial charge in [0.2, 0.25) is 0 Å². The molecule has 1 aromatic rings. The quantitative estimate of drug-likeness (QED) is 0.774. The van der Waals surface area contributed by atoms with Crippen molar-refractivity contribution >= 4 is 17.5 Å². The molecule has 3 nitrogen and oxygen atoms in total. The molecule has 2 N–H and O–H groups in total. The number of aliphatic hydroxyl groups excluding tert-OH is 1. The van der Waals surface area contributed by atoms with Crippen LogP contribution in [0.1, 0.15) is 24.2 Å². The maximum atomic E-state index is 11.7.